The number of hydrogen-bond acceptors (Lipinski definition) is 2. The van der Waals surface area contributed by atoms with E-state index < -0.39 is 0 Å². The van der Waals surface area contributed by atoms with Crippen LogP contribution in [0.4, 0.5) is 0 Å². The van der Waals surface area contributed by atoms with Crippen molar-refractivity contribution in [2.24, 2.45) is 11.3 Å². The molecule has 1 aliphatic carbocycles. The molecular weight excluding hydrogens is 152 g/mol. The minimum Gasteiger partial charge on any atom is -0.377 e. The molecule has 3 aliphatic heterocycles. The lowest BCUT2D eigenvalue weighted by Crippen LogP contribution is -2.48. The Morgan fingerprint density at radius 1 is 1.17 bits per heavy atom. The summed E-state index contributed by atoms with van der Waals surface area (Å²) in [4.78, 5) is 0. The molecule has 62 valence electrons. The smallest absolute Gasteiger partial charge is 0.122 e. The van der Waals surface area contributed by atoms with Gasteiger partial charge in [-0.15, -0.1) is 0 Å². The minimum absolute atomic E-state index is 0.0723. The molecule has 0 aromatic rings. The fraction of sp³-hybridized carbons (Fsp3) is 0.600. The van der Waals surface area contributed by atoms with Crippen LogP contribution in [0, 0.1) is 11.3 Å². The van der Waals surface area contributed by atoms with E-state index in [-0.39, 0.29) is 11.0 Å². The summed E-state index contributed by atoms with van der Waals surface area (Å²) < 4.78 is 11.5. The van der Waals surface area contributed by atoms with Crippen molar-refractivity contribution in [3.63, 3.8) is 0 Å². The SMILES string of the molecule is C1=C[C@]23COCC24C=C[C@@H]4[C@H]1O3. The molecule has 2 heteroatoms. The van der Waals surface area contributed by atoms with E-state index in [2.05, 4.69) is 24.3 Å². The van der Waals surface area contributed by atoms with Crippen molar-refractivity contribution in [1.29, 1.82) is 0 Å². The van der Waals surface area contributed by atoms with Crippen molar-refractivity contribution >= 4 is 0 Å². The van der Waals surface area contributed by atoms with Crippen LogP contribution in [0.2, 0.25) is 0 Å². The largest absolute Gasteiger partial charge is 0.377 e. The molecule has 2 nitrogen and oxygen atoms in total. The van der Waals surface area contributed by atoms with E-state index in [1.807, 2.05) is 0 Å². The average molecular weight is 162 g/mol. The first-order valence-corrected chi connectivity index (χ1v) is 4.51. The van der Waals surface area contributed by atoms with Crippen LogP contribution in [-0.4, -0.2) is 24.9 Å². The summed E-state index contributed by atoms with van der Waals surface area (Å²) in [6.07, 6.45) is 9.31. The van der Waals surface area contributed by atoms with Crippen LogP contribution in [0.25, 0.3) is 0 Å². The summed E-state index contributed by atoms with van der Waals surface area (Å²) in [7, 11) is 0. The maximum absolute atomic E-state index is 5.96. The summed E-state index contributed by atoms with van der Waals surface area (Å²) >= 11 is 0. The second-order valence-corrected chi connectivity index (χ2v) is 4.25. The lowest BCUT2D eigenvalue weighted by molar-refractivity contribution is -0.000535. The highest BCUT2D eigenvalue weighted by molar-refractivity contribution is 5.42. The van der Waals surface area contributed by atoms with Gasteiger partial charge in [-0.1, -0.05) is 24.3 Å². The third kappa shape index (κ3) is 0.352. The molecule has 4 atom stereocenters. The highest BCUT2D eigenvalue weighted by Crippen LogP contribution is 2.64. The highest BCUT2D eigenvalue weighted by Gasteiger charge is 2.70. The molecule has 0 radical (unpaired) electrons. The lowest BCUT2D eigenvalue weighted by Gasteiger charge is -2.42. The Morgan fingerprint density at radius 3 is 2.92 bits per heavy atom. The van der Waals surface area contributed by atoms with E-state index in [0.29, 0.717) is 12.0 Å². The Bertz CT molecular complexity index is 316. The highest BCUT2D eigenvalue weighted by atomic mass is 16.6. The number of rotatable bonds is 0. The molecule has 4 rings (SSSR count). The first kappa shape index (κ1) is 5.95. The Labute approximate surface area is 70.8 Å². The van der Waals surface area contributed by atoms with Gasteiger partial charge in [0.2, 0.25) is 0 Å². The van der Waals surface area contributed by atoms with Gasteiger partial charge in [-0.05, 0) is 0 Å². The van der Waals surface area contributed by atoms with Gasteiger partial charge in [-0.2, -0.15) is 0 Å². The van der Waals surface area contributed by atoms with Gasteiger partial charge in [0.1, 0.15) is 5.60 Å². The zero-order valence-corrected chi connectivity index (χ0v) is 6.69. The van der Waals surface area contributed by atoms with E-state index >= 15 is 0 Å². The number of ether oxygens (including phenoxy) is 2. The zero-order chi connectivity index (χ0) is 7.81. The maximum atomic E-state index is 5.96. The van der Waals surface area contributed by atoms with Crippen LogP contribution in [0.15, 0.2) is 24.3 Å². The van der Waals surface area contributed by atoms with Crippen LogP contribution >= 0.6 is 0 Å². The Balaban J connectivity index is 2.01. The second kappa shape index (κ2) is 1.42. The summed E-state index contributed by atoms with van der Waals surface area (Å²) in [6.45, 7) is 1.61. The van der Waals surface area contributed by atoms with Gasteiger partial charge in [0.25, 0.3) is 0 Å². The molecule has 0 saturated carbocycles. The van der Waals surface area contributed by atoms with Gasteiger partial charge in [0.15, 0.2) is 0 Å². The van der Waals surface area contributed by atoms with Gasteiger partial charge in [-0.25, -0.2) is 0 Å². The summed E-state index contributed by atoms with van der Waals surface area (Å²) in [5.74, 6) is 0.602. The topological polar surface area (TPSA) is 18.5 Å². The van der Waals surface area contributed by atoms with Crippen LogP contribution in [-0.2, 0) is 9.47 Å². The van der Waals surface area contributed by atoms with Gasteiger partial charge in [-0.3, -0.25) is 0 Å². The van der Waals surface area contributed by atoms with E-state index in [1.54, 1.807) is 0 Å². The van der Waals surface area contributed by atoms with Crippen molar-refractivity contribution in [1.82, 2.24) is 0 Å². The summed E-state index contributed by atoms with van der Waals surface area (Å²) in [5.41, 5.74) is 0.156. The van der Waals surface area contributed by atoms with Crippen molar-refractivity contribution < 1.29 is 9.47 Å². The van der Waals surface area contributed by atoms with Crippen molar-refractivity contribution in [3.05, 3.63) is 24.3 Å². The second-order valence-electron chi connectivity index (χ2n) is 4.25. The first-order valence-electron chi connectivity index (χ1n) is 4.51. The molecule has 3 heterocycles. The van der Waals surface area contributed by atoms with E-state index in [9.17, 15) is 0 Å². The molecule has 2 fully saturated rings. The molecule has 2 bridgehead atoms. The van der Waals surface area contributed by atoms with E-state index in [0.717, 1.165) is 13.2 Å². The molecule has 0 aromatic heterocycles. The molecule has 0 aromatic carbocycles. The Kier molecular flexibility index (Phi) is 0.706. The Hall–Kier alpha value is -0.600. The standard InChI is InChI=1S/C10H10O2/c1-3-9-5-11-6-10(9)4-2-8(12-10)7(1)9/h1-4,7-8H,5-6H2/t7-,8+,9?,10+/m1/s1. The van der Waals surface area contributed by atoms with Gasteiger partial charge < -0.3 is 9.47 Å². The lowest BCUT2D eigenvalue weighted by atomic mass is 9.58. The predicted octanol–water partition coefficient (Wildman–Crippen LogP) is 0.896. The predicted molar refractivity (Wildman–Crippen MR) is 42.6 cm³/mol. The first-order chi connectivity index (χ1) is 5.86. The zero-order valence-electron chi connectivity index (χ0n) is 6.69. The van der Waals surface area contributed by atoms with Crippen molar-refractivity contribution in [2.45, 2.75) is 11.7 Å². The van der Waals surface area contributed by atoms with Crippen LogP contribution in [0.5, 0.6) is 0 Å². The molecule has 1 unspecified atom stereocenters. The third-order valence-corrected chi connectivity index (χ3v) is 3.90. The van der Waals surface area contributed by atoms with Crippen LogP contribution in [0.3, 0.4) is 0 Å². The molecular formula is C10H10O2. The Morgan fingerprint density at radius 2 is 2.17 bits per heavy atom. The summed E-state index contributed by atoms with van der Waals surface area (Å²) in [6, 6.07) is 0. The average Bonchev–Trinajstić information content (AvgIpc) is 2.60. The fourth-order valence-corrected chi connectivity index (χ4v) is 3.15. The molecule has 12 heavy (non-hydrogen) atoms. The van der Waals surface area contributed by atoms with E-state index in [4.69, 9.17) is 9.47 Å². The van der Waals surface area contributed by atoms with Crippen LogP contribution < -0.4 is 0 Å². The molecule has 4 aliphatic rings. The normalized spacial score (nSPS) is 63.3. The number of hydrogen-bond donors (Lipinski definition) is 0. The van der Waals surface area contributed by atoms with Crippen LogP contribution in [0.1, 0.15) is 0 Å². The van der Waals surface area contributed by atoms with Gasteiger partial charge in [0.05, 0.1) is 24.7 Å². The monoisotopic (exact) mass is 162 g/mol. The fourth-order valence-electron chi connectivity index (χ4n) is 3.15. The van der Waals surface area contributed by atoms with Gasteiger partial charge in [0, 0.05) is 5.92 Å². The number of fused-ring (bicyclic) bond motifs is 2. The summed E-state index contributed by atoms with van der Waals surface area (Å²) in [5, 5.41) is 0. The van der Waals surface area contributed by atoms with Crippen molar-refractivity contribution in [3.8, 4) is 0 Å². The molecule has 2 spiro atoms. The van der Waals surface area contributed by atoms with E-state index in [1.165, 1.54) is 0 Å². The molecule has 0 amide bonds. The maximum Gasteiger partial charge on any atom is 0.122 e. The third-order valence-electron chi connectivity index (χ3n) is 3.90. The quantitative estimate of drug-likeness (QED) is 0.493. The van der Waals surface area contributed by atoms with Gasteiger partial charge >= 0.3 is 0 Å². The molecule has 0 N–H and O–H groups in total. The minimum atomic E-state index is -0.0723. The molecule has 2 saturated heterocycles. The van der Waals surface area contributed by atoms with Crippen molar-refractivity contribution in [2.75, 3.05) is 13.2 Å².